The number of H-pyrrole nitrogens is 1. The lowest BCUT2D eigenvalue weighted by molar-refractivity contribution is -0.146. The Labute approximate surface area is 104 Å². The zero-order valence-corrected chi connectivity index (χ0v) is 10.2. The zero-order chi connectivity index (χ0) is 12.6. The molecule has 6 nitrogen and oxygen atoms in total. The molecular weight excluding hydrogens is 234 g/mol. The quantitative estimate of drug-likeness (QED) is 0.870. The minimum atomic E-state index is -0.537. The van der Waals surface area contributed by atoms with Gasteiger partial charge in [0.25, 0.3) is 5.56 Å². The summed E-state index contributed by atoms with van der Waals surface area (Å²) < 4.78 is 12.5. The Hall–Kier alpha value is -1.66. The Kier molecular flexibility index (Phi) is 2.68. The predicted molar refractivity (Wildman–Crippen MR) is 64.4 cm³/mol. The van der Waals surface area contributed by atoms with Gasteiger partial charge in [-0.2, -0.15) is 0 Å². The summed E-state index contributed by atoms with van der Waals surface area (Å²) in [6.07, 6.45) is 3.05. The van der Waals surface area contributed by atoms with Crippen molar-refractivity contribution in [3.05, 3.63) is 34.4 Å². The maximum Gasteiger partial charge on any atom is 0.272 e. The topological polar surface area (TPSA) is 68.6 Å². The number of hydrogen-bond donors (Lipinski definition) is 1. The van der Waals surface area contributed by atoms with Crippen LogP contribution in [-0.4, -0.2) is 33.6 Å². The minimum absolute atomic E-state index is 0.0987. The number of hydrogen-bond acceptors (Lipinski definition) is 4. The molecule has 1 saturated heterocycles. The molecule has 0 bridgehead atoms. The van der Waals surface area contributed by atoms with Crippen molar-refractivity contribution in [2.45, 2.75) is 25.6 Å². The highest BCUT2D eigenvalue weighted by atomic mass is 16.7. The molecule has 18 heavy (non-hydrogen) atoms. The fraction of sp³-hybridized carbons (Fsp3) is 0.500. The van der Waals surface area contributed by atoms with Crippen molar-refractivity contribution < 1.29 is 9.47 Å². The average Bonchev–Trinajstić information content (AvgIpc) is 2.96. The molecule has 3 heterocycles. The van der Waals surface area contributed by atoms with E-state index in [0.717, 1.165) is 5.69 Å². The maximum absolute atomic E-state index is 11.8. The summed E-state index contributed by atoms with van der Waals surface area (Å²) in [7, 11) is 0. The second kappa shape index (κ2) is 4.22. The number of aryl methyl sites for hydroxylation is 1. The number of rotatable bonds is 3. The van der Waals surface area contributed by atoms with E-state index in [1.54, 1.807) is 18.3 Å². The minimum Gasteiger partial charge on any atom is -0.348 e. The second-order valence-corrected chi connectivity index (χ2v) is 4.57. The van der Waals surface area contributed by atoms with Crippen LogP contribution in [0.2, 0.25) is 0 Å². The molecule has 6 heteroatoms. The summed E-state index contributed by atoms with van der Waals surface area (Å²) >= 11 is 0. The first-order valence-corrected chi connectivity index (χ1v) is 6.00. The van der Waals surface area contributed by atoms with Gasteiger partial charge in [0.2, 0.25) is 0 Å². The van der Waals surface area contributed by atoms with Crippen LogP contribution in [-0.2, 0) is 15.9 Å². The molecular formula is C12H15N3O3. The molecule has 0 radical (unpaired) electrons. The van der Waals surface area contributed by atoms with Crippen LogP contribution in [0.25, 0.3) is 5.65 Å². The van der Waals surface area contributed by atoms with E-state index < -0.39 is 5.79 Å². The molecule has 0 amide bonds. The predicted octanol–water partition coefficient (Wildman–Crippen LogP) is 0.718. The highest BCUT2D eigenvalue weighted by Gasteiger charge is 2.30. The number of fused-ring (bicyclic) bond motifs is 1. The Morgan fingerprint density at radius 2 is 2.28 bits per heavy atom. The van der Waals surface area contributed by atoms with Crippen molar-refractivity contribution >= 4 is 5.65 Å². The molecule has 1 N–H and O–H groups in total. The third-order valence-corrected chi connectivity index (χ3v) is 3.17. The van der Waals surface area contributed by atoms with Crippen LogP contribution in [0.1, 0.15) is 19.0 Å². The van der Waals surface area contributed by atoms with Crippen LogP contribution < -0.4 is 5.56 Å². The van der Waals surface area contributed by atoms with E-state index in [9.17, 15) is 4.79 Å². The van der Waals surface area contributed by atoms with Gasteiger partial charge < -0.3 is 9.47 Å². The summed E-state index contributed by atoms with van der Waals surface area (Å²) in [6, 6.07) is 3.32. The summed E-state index contributed by atoms with van der Waals surface area (Å²) in [5.74, 6) is -0.537. The standard InChI is InChI=1S/C12H15N3O3/c1-12(17-6-7-18-12)4-2-9-8-11(16)15-10(14-9)3-5-13-15/h3,5,8,13H,2,4,6-7H2,1H3. The van der Waals surface area contributed by atoms with E-state index in [2.05, 4.69) is 10.1 Å². The molecule has 2 aromatic rings. The molecule has 2 aromatic heterocycles. The van der Waals surface area contributed by atoms with Crippen molar-refractivity contribution in [3.63, 3.8) is 0 Å². The summed E-state index contributed by atoms with van der Waals surface area (Å²) in [5, 5.41) is 2.81. The third kappa shape index (κ3) is 2.04. The first-order valence-electron chi connectivity index (χ1n) is 6.00. The Morgan fingerprint density at radius 1 is 1.50 bits per heavy atom. The molecule has 0 aromatic carbocycles. The molecule has 1 aliphatic rings. The lowest BCUT2D eigenvalue weighted by atomic mass is 10.1. The van der Waals surface area contributed by atoms with E-state index in [1.807, 2.05) is 6.92 Å². The van der Waals surface area contributed by atoms with Crippen molar-refractivity contribution in [1.82, 2.24) is 14.6 Å². The monoisotopic (exact) mass is 249 g/mol. The van der Waals surface area contributed by atoms with Gasteiger partial charge in [-0.25, -0.2) is 9.50 Å². The smallest absolute Gasteiger partial charge is 0.272 e. The van der Waals surface area contributed by atoms with E-state index in [1.165, 1.54) is 4.52 Å². The van der Waals surface area contributed by atoms with Gasteiger partial charge in [0.1, 0.15) is 0 Å². The van der Waals surface area contributed by atoms with Crippen LogP contribution in [0, 0.1) is 0 Å². The van der Waals surface area contributed by atoms with Crippen LogP contribution in [0.4, 0.5) is 0 Å². The molecule has 0 spiro atoms. The van der Waals surface area contributed by atoms with Crippen LogP contribution in [0.5, 0.6) is 0 Å². The molecule has 1 fully saturated rings. The summed E-state index contributed by atoms with van der Waals surface area (Å²) in [5.41, 5.74) is 1.30. The number of nitrogens with one attached hydrogen (secondary N) is 1. The third-order valence-electron chi connectivity index (χ3n) is 3.17. The normalized spacial score (nSPS) is 18.5. The Bertz CT molecular complexity index is 610. The van der Waals surface area contributed by atoms with Crippen molar-refractivity contribution in [3.8, 4) is 0 Å². The molecule has 0 unspecified atom stereocenters. The van der Waals surface area contributed by atoms with Crippen LogP contribution >= 0.6 is 0 Å². The van der Waals surface area contributed by atoms with Crippen molar-refractivity contribution in [2.24, 2.45) is 0 Å². The zero-order valence-electron chi connectivity index (χ0n) is 10.2. The van der Waals surface area contributed by atoms with Gasteiger partial charge in [0.05, 0.1) is 13.2 Å². The molecule has 0 saturated carbocycles. The molecule has 96 valence electrons. The van der Waals surface area contributed by atoms with Gasteiger partial charge in [-0.15, -0.1) is 0 Å². The lowest BCUT2D eigenvalue weighted by Gasteiger charge is -2.21. The molecule has 0 aliphatic carbocycles. The first kappa shape index (κ1) is 11.4. The fourth-order valence-corrected chi connectivity index (χ4v) is 2.16. The van der Waals surface area contributed by atoms with Gasteiger partial charge in [0.15, 0.2) is 11.4 Å². The number of aromatic amines is 1. The molecule has 0 atom stereocenters. The lowest BCUT2D eigenvalue weighted by Crippen LogP contribution is -2.26. The van der Waals surface area contributed by atoms with Gasteiger partial charge >= 0.3 is 0 Å². The summed E-state index contributed by atoms with van der Waals surface area (Å²) in [6.45, 7) is 3.18. The SMILES string of the molecule is CC1(CCc2cc(=O)n3[nH]ccc3n2)OCCO1. The number of ether oxygens (including phenoxy) is 2. The summed E-state index contributed by atoms with van der Waals surface area (Å²) in [4.78, 5) is 16.2. The average molecular weight is 249 g/mol. The van der Waals surface area contributed by atoms with Crippen molar-refractivity contribution in [2.75, 3.05) is 13.2 Å². The van der Waals surface area contributed by atoms with Crippen LogP contribution in [0.3, 0.4) is 0 Å². The van der Waals surface area contributed by atoms with Gasteiger partial charge in [-0.05, 0) is 13.3 Å². The maximum atomic E-state index is 11.8. The van der Waals surface area contributed by atoms with Crippen LogP contribution in [0.15, 0.2) is 23.1 Å². The fourth-order valence-electron chi connectivity index (χ4n) is 2.16. The first-order chi connectivity index (χ1) is 8.66. The van der Waals surface area contributed by atoms with E-state index in [4.69, 9.17) is 9.47 Å². The largest absolute Gasteiger partial charge is 0.348 e. The van der Waals surface area contributed by atoms with E-state index in [0.29, 0.717) is 31.7 Å². The van der Waals surface area contributed by atoms with E-state index in [-0.39, 0.29) is 5.56 Å². The van der Waals surface area contributed by atoms with Gasteiger partial charge in [-0.1, -0.05) is 0 Å². The van der Waals surface area contributed by atoms with E-state index >= 15 is 0 Å². The number of aromatic nitrogens is 3. The second-order valence-electron chi connectivity index (χ2n) is 4.57. The van der Waals surface area contributed by atoms with Gasteiger partial charge in [0, 0.05) is 30.4 Å². The molecule has 3 rings (SSSR count). The van der Waals surface area contributed by atoms with Gasteiger partial charge in [-0.3, -0.25) is 9.89 Å². The number of nitrogens with zero attached hydrogens (tertiary/aromatic N) is 2. The highest BCUT2D eigenvalue weighted by Crippen LogP contribution is 2.23. The Morgan fingerprint density at radius 3 is 3.06 bits per heavy atom. The Balaban J connectivity index is 1.80. The molecule has 1 aliphatic heterocycles. The highest BCUT2D eigenvalue weighted by molar-refractivity contribution is 5.36. The van der Waals surface area contributed by atoms with Crippen molar-refractivity contribution in [1.29, 1.82) is 0 Å².